The number of benzene rings is 1. The van der Waals surface area contributed by atoms with E-state index < -0.39 is 11.6 Å². The van der Waals surface area contributed by atoms with Crippen LogP contribution in [0.2, 0.25) is 0 Å². The number of aliphatic hydroxyl groups is 1. The number of nitrogens with one attached hydrogen (secondary N) is 1. The topological polar surface area (TPSA) is 52.6 Å². The summed E-state index contributed by atoms with van der Waals surface area (Å²) in [7, 11) is 0. The lowest BCUT2D eigenvalue weighted by atomic mass is 10.1. The molecule has 1 aliphatic carbocycles. The first-order valence-electron chi connectivity index (χ1n) is 6.71. The monoisotopic (exact) mass is 284 g/mol. The van der Waals surface area contributed by atoms with Crippen molar-refractivity contribution < 1.29 is 18.7 Å². The first-order valence-corrected chi connectivity index (χ1v) is 6.71. The fourth-order valence-electron chi connectivity index (χ4n) is 2.07. The third kappa shape index (κ3) is 3.90. The Morgan fingerprint density at radius 2 is 2.15 bits per heavy atom. The molecule has 1 saturated carbocycles. The van der Waals surface area contributed by atoms with Crippen molar-refractivity contribution in [3.05, 3.63) is 35.4 Å². The number of carbonyl (C=O) groups is 1. The minimum Gasteiger partial charge on any atom is -0.395 e. The number of nitrogens with zero attached hydrogens (tertiary/aromatic N) is 1. The van der Waals surface area contributed by atoms with Crippen LogP contribution in [0.1, 0.15) is 18.4 Å². The third-order valence-corrected chi connectivity index (χ3v) is 3.28. The van der Waals surface area contributed by atoms with E-state index in [1.54, 1.807) is 4.90 Å². The lowest BCUT2D eigenvalue weighted by Crippen LogP contribution is -2.43. The van der Waals surface area contributed by atoms with Gasteiger partial charge in [-0.15, -0.1) is 0 Å². The summed E-state index contributed by atoms with van der Waals surface area (Å²) in [4.78, 5) is 13.5. The Balaban J connectivity index is 1.81. The third-order valence-electron chi connectivity index (χ3n) is 3.28. The van der Waals surface area contributed by atoms with Gasteiger partial charge in [-0.25, -0.2) is 13.6 Å². The fourth-order valence-corrected chi connectivity index (χ4v) is 2.07. The zero-order valence-corrected chi connectivity index (χ0v) is 11.1. The second-order valence-corrected chi connectivity index (χ2v) is 4.87. The number of hydrogen-bond donors (Lipinski definition) is 2. The smallest absolute Gasteiger partial charge is 0.317 e. The zero-order chi connectivity index (χ0) is 14.5. The maximum atomic E-state index is 13.4. The van der Waals surface area contributed by atoms with Crippen molar-refractivity contribution >= 4 is 6.03 Å². The summed E-state index contributed by atoms with van der Waals surface area (Å²) < 4.78 is 26.1. The van der Waals surface area contributed by atoms with Gasteiger partial charge >= 0.3 is 6.03 Å². The van der Waals surface area contributed by atoms with Gasteiger partial charge in [0.25, 0.3) is 0 Å². The van der Waals surface area contributed by atoms with E-state index in [-0.39, 0.29) is 25.2 Å². The second kappa shape index (κ2) is 6.65. The quantitative estimate of drug-likeness (QED) is 0.835. The number of rotatable bonds is 6. The molecule has 1 fully saturated rings. The largest absolute Gasteiger partial charge is 0.395 e. The van der Waals surface area contributed by atoms with Gasteiger partial charge in [-0.1, -0.05) is 6.07 Å². The summed E-state index contributed by atoms with van der Waals surface area (Å²) >= 11 is 0. The summed E-state index contributed by atoms with van der Waals surface area (Å²) in [5.74, 6) is -1.22. The molecule has 0 bridgehead atoms. The van der Waals surface area contributed by atoms with Crippen LogP contribution in [0, 0.1) is 11.6 Å². The van der Waals surface area contributed by atoms with Gasteiger partial charge in [0.2, 0.25) is 0 Å². The molecule has 0 saturated heterocycles. The molecule has 0 atom stereocenters. The highest BCUT2D eigenvalue weighted by Crippen LogP contribution is 2.26. The van der Waals surface area contributed by atoms with Gasteiger partial charge in [0.15, 0.2) is 0 Å². The van der Waals surface area contributed by atoms with Crippen molar-refractivity contribution in [2.24, 2.45) is 0 Å². The molecular formula is C14H18F2N2O2. The van der Waals surface area contributed by atoms with Gasteiger partial charge in [0.1, 0.15) is 11.6 Å². The molecule has 0 unspecified atom stereocenters. The molecule has 1 aromatic carbocycles. The molecule has 1 aromatic rings. The van der Waals surface area contributed by atoms with E-state index in [9.17, 15) is 13.6 Å². The molecule has 6 heteroatoms. The van der Waals surface area contributed by atoms with Crippen LogP contribution in [-0.2, 0) is 6.42 Å². The number of hydrogen-bond acceptors (Lipinski definition) is 2. The van der Waals surface area contributed by atoms with Gasteiger partial charge < -0.3 is 15.3 Å². The van der Waals surface area contributed by atoms with Gasteiger partial charge in [-0.05, 0) is 30.9 Å². The van der Waals surface area contributed by atoms with Crippen LogP contribution in [0.15, 0.2) is 18.2 Å². The predicted molar refractivity (Wildman–Crippen MR) is 70.3 cm³/mol. The van der Waals surface area contributed by atoms with Crippen molar-refractivity contribution in [2.45, 2.75) is 25.3 Å². The normalized spacial score (nSPS) is 14.2. The molecular weight excluding hydrogens is 266 g/mol. The Kier molecular flexibility index (Phi) is 4.89. The van der Waals surface area contributed by atoms with Crippen LogP contribution in [0.3, 0.4) is 0 Å². The van der Waals surface area contributed by atoms with Crippen LogP contribution in [-0.4, -0.2) is 41.8 Å². The van der Waals surface area contributed by atoms with Crippen LogP contribution in [0.4, 0.5) is 13.6 Å². The Hall–Kier alpha value is -1.69. The lowest BCUT2D eigenvalue weighted by Gasteiger charge is -2.21. The standard InChI is InChI=1S/C14H18F2N2O2/c15-11-2-1-10(13(16)9-11)5-6-17-14(20)18(7-8-19)12-3-4-12/h1-2,9,12,19H,3-8H2,(H,17,20). The summed E-state index contributed by atoms with van der Waals surface area (Å²) in [6.07, 6.45) is 2.22. The Labute approximate surface area is 116 Å². The average molecular weight is 284 g/mol. The van der Waals surface area contributed by atoms with Crippen LogP contribution >= 0.6 is 0 Å². The molecule has 0 heterocycles. The van der Waals surface area contributed by atoms with Gasteiger partial charge in [-0.3, -0.25) is 0 Å². The summed E-state index contributed by atoms with van der Waals surface area (Å²) in [6.45, 7) is 0.508. The minimum atomic E-state index is -0.613. The van der Waals surface area contributed by atoms with E-state index in [4.69, 9.17) is 5.11 Å². The molecule has 2 N–H and O–H groups in total. The van der Waals surface area contributed by atoms with Crippen molar-refractivity contribution in [1.29, 1.82) is 0 Å². The van der Waals surface area contributed by atoms with Crippen molar-refractivity contribution in [1.82, 2.24) is 10.2 Å². The highest BCUT2D eigenvalue weighted by molar-refractivity contribution is 5.74. The van der Waals surface area contributed by atoms with Gasteiger partial charge in [0, 0.05) is 25.2 Å². The van der Waals surface area contributed by atoms with E-state index in [0.717, 1.165) is 18.9 Å². The highest BCUT2D eigenvalue weighted by atomic mass is 19.1. The number of aliphatic hydroxyl groups excluding tert-OH is 1. The fraction of sp³-hybridized carbons (Fsp3) is 0.500. The van der Waals surface area contributed by atoms with E-state index >= 15 is 0 Å². The van der Waals surface area contributed by atoms with Crippen molar-refractivity contribution in [2.75, 3.05) is 19.7 Å². The first-order chi connectivity index (χ1) is 9.61. The molecule has 2 rings (SSSR count). The molecule has 2 amide bonds. The van der Waals surface area contributed by atoms with E-state index in [0.29, 0.717) is 18.5 Å². The van der Waals surface area contributed by atoms with Crippen molar-refractivity contribution in [3.8, 4) is 0 Å². The average Bonchev–Trinajstić information content (AvgIpc) is 3.22. The van der Waals surface area contributed by atoms with Crippen LogP contribution < -0.4 is 5.32 Å². The Morgan fingerprint density at radius 1 is 1.40 bits per heavy atom. The molecule has 20 heavy (non-hydrogen) atoms. The second-order valence-electron chi connectivity index (χ2n) is 4.87. The lowest BCUT2D eigenvalue weighted by molar-refractivity contribution is 0.174. The predicted octanol–water partition coefficient (Wildman–Crippen LogP) is 1.67. The van der Waals surface area contributed by atoms with E-state index in [1.165, 1.54) is 12.1 Å². The zero-order valence-electron chi connectivity index (χ0n) is 11.1. The number of amides is 2. The SMILES string of the molecule is O=C(NCCc1ccc(F)cc1F)N(CCO)C1CC1. The van der Waals surface area contributed by atoms with Crippen molar-refractivity contribution in [3.63, 3.8) is 0 Å². The number of carbonyl (C=O) groups excluding carboxylic acids is 1. The molecule has 0 spiro atoms. The Bertz CT molecular complexity index is 478. The molecule has 4 nitrogen and oxygen atoms in total. The summed E-state index contributed by atoms with van der Waals surface area (Å²) in [5.41, 5.74) is 0.367. The molecule has 110 valence electrons. The molecule has 0 aliphatic heterocycles. The summed E-state index contributed by atoms with van der Waals surface area (Å²) in [5, 5.41) is 11.6. The number of halogens is 2. The highest BCUT2D eigenvalue weighted by Gasteiger charge is 2.31. The molecule has 0 aromatic heterocycles. The van der Waals surface area contributed by atoms with Crippen LogP contribution in [0.25, 0.3) is 0 Å². The maximum Gasteiger partial charge on any atom is 0.317 e. The number of urea groups is 1. The molecule has 1 aliphatic rings. The van der Waals surface area contributed by atoms with E-state index in [1.807, 2.05) is 0 Å². The Morgan fingerprint density at radius 3 is 2.75 bits per heavy atom. The summed E-state index contributed by atoms with van der Waals surface area (Å²) in [6, 6.07) is 3.37. The maximum absolute atomic E-state index is 13.4. The van der Waals surface area contributed by atoms with Gasteiger partial charge in [-0.2, -0.15) is 0 Å². The van der Waals surface area contributed by atoms with E-state index in [2.05, 4.69) is 5.32 Å². The van der Waals surface area contributed by atoms with Crippen LogP contribution in [0.5, 0.6) is 0 Å². The van der Waals surface area contributed by atoms with Gasteiger partial charge in [0.05, 0.1) is 6.61 Å². The first kappa shape index (κ1) is 14.7. The minimum absolute atomic E-state index is 0.0729. The molecule has 0 radical (unpaired) electrons.